The summed E-state index contributed by atoms with van der Waals surface area (Å²) in [6.07, 6.45) is 5.71. The molecule has 3 heterocycles. The van der Waals surface area contributed by atoms with Crippen LogP contribution in [0.5, 0.6) is 6.01 Å². The smallest absolute Gasteiger partial charge is 0.320 e. The summed E-state index contributed by atoms with van der Waals surface area (Å²) in [6, 6.07) is 0.284. The maximum absolute atomic E-state index is 12.6. The Kier molecular flexibility index (Phi) is 7.10. The molecule has 0 spiro atoms. The van der Waals surface area contributed by atoms with Crippen LogP contribution in [0, 0.1) is 11.8 Å². The monoisotopic (exact) mass is 389 g/mol. The lowest BCUT2D eigenvalue weighted by Crippen LogP contribution is -2.37. The number of hydrogen-bond donors (Lipinski definition) is 1. The average molecular weight is 390 g/mol. The van der Waals surface area contributed by atoms with E-state index in [2.05, 4.69) is 35.6 Å². The van der Waals surface area contributed by atoms with Gasteiger partial charge in [0.15, 0.2) is 0 Å². The summed E-state index contributed by atoms with van der Waals surface area (Å²) < 4.78 is 5.63. The number of hydrogen-bond acceptors (Lipinski definition) is 6. The van der Waals surface area contributed by atoms with Gasteiger partial charge in [-0.05, 0) is 50.6 Å². The molecule has 1 aromatic rings. The van der Waals surface area contributed by atoms with Gasteiger partial charge in [0.05, 0.1) is 13.0 Å². The third-order valence-electron chi connectivity index (χ3n) is 5.70. The van der Waals surface area contributed by atoms with Crippen molar-refractivity contribution in [3.05, 3.63) is 5.56 Å². The van der Waals surface area contributed by atoms with E-state index in [1.54, 1.807) is 4.90 Å². The molecule has 1 saturated heterocycles. The molecule has 0 aliphatic carbocycles. The van der Waals surface area contributed by atoms with E-state index in [0.29, 0.717) is 43.0 Å². The predicted molar refractivity (Wildman–Crippen MR) is 112 cm³/mol. The van der Waals surface area contributed by atoms with E-state index < -0.39 is 0 Å². The second kappa shape index (κ2) is 9.54. The minimum Gasteiger partial charge on any atom is -0.463 e. The second-order valence-electron chi connectivity index (χ2n) is 8.54. The number of nitrogens with zero attached hydrogens (tertiary/aromatic N) is 4. The third-order valence-corrected chi connectivity index (χ3v) is 5.70. The summed E-state index contributed by atoms with van der Waals surface area (Å²) in [5, 5.41) is 0. The van der Waals surface area contributed by atoms with Crippen LogP contribution in [-0.4, -0.2) is 53.6 Å². The lowest BCUT2D eigenvalue weighted by molar-refractivity contribution is -0.117. The van der Waals surface area contributed by atoms with Crippen molar-refractivity contribution in [3.8, 4) is 6.01 Å². The molecule has 28 heavy (non-hydrogen) atoms. The number of amides is 1. The number of carbonyl (C=O) groups is 1. The Morgan fingerprint density at radius 2 is 2.00 bits per heavy atom. The molecule has 3 rings (SSSR count). The number of unbranched alkanes of at least 4 members (excludes halogenated alkanes) is 1. The zero-order valence-corrected chi connectivity index (χ0v) is 17.6. The largest absolute Gasteiger partial charge is 0.463 e. The van der Waals surface area contributed by atoms with Gasteiger partial charge < -0.3 is 15.4 Å². The van der Waals surface area contributed by atoms with Gasteiger partial charge in [-0.25, -0.2) is 0 Å². The number of anilines is 2. The zero-order valence-electron chi connectivity index (χ0n) is 17.6. The number of fused-ring (bicyclic) bond motifs is 1. The van der Waals surface area contributed by atoms with Crippen LogP contribution < -0.4 is 15.4 Å². The Labute approximate surface area is 168 Å². The van der Waals surface area contributed by atoms with Gasteiger partial charge in [-0.15, -0.1) is 0 Å². The Morgan fingerprint density at radius 1 is 1.25 bits per heavy atom. The highest BCUT2D eigenvalue weighted by Crippen LogP contribution is 2.33. The molecule has 0 atom stereocenters. The van der Waals surface area contributed by atoms with Gasteiger partial charge in [-0.3, -0.25) is 9.69 Å². The predicted octanol–water partition coefficient (Wildman–Crippen LogP) is 2.88. The maximum Gasteiger partial charge on any atom is 0.320 e. The number of piperidine rings is 1. The summed E-state index contributed by atoms with van der Waals surface area (Å²) in [6.45, 7) is 11.4. The first-order valence-electron chi connectivity index (χ1n) is 10.8. The average Bonchev–Trinajstić information content (AvgIpc) is 2.97. The summed E-state index contributed by atoms with van der Waals surface area (Å²) >= 11 is 0. The van der Waals surface area contributed by atoms with Crippen LogP contribution in [0.2, 0.25) is 0 Å². The van der Waals surface area contributed by atoms with Crippen molar-refractivity contribution in [2.75, 3.05) is 43.4 Å². The van der Waals surface area contributed by atoms with E-state index in [-0.39, 0.29) is 11.9 Å². The molecule has 2 aliphatic rings. The standard InChI is InChI=1S/C21H35N5O2/c1-4-5-12-28-21-23-19(22)17-13-18(27)26(20(17)24-21)11-8-16-6-9-25(10-7-16)14-15(2)3/h15-16H,4-14H2,1-3H3,(H2,22,23,24). The molecule has 1 fully saturated rings. The highest BCUT2D eigenvalue weighted by molar-refractivity contribution is 6.01. The van der Waals surface area contributed by atoms with Gasteiger partial charge >= 0.3 is 6.01 Å². The summed E-state index contributed by atoms with van der Waals surface area (Å²) in [5.74, 6) is 2.48. The molecule has 1 amide bonds. The first kappa shape index (κ1) is 20.8. The molecule has 0 aromatic carbocycles. The van der Waals surface area contributed by atoms with Crippen molar-refractivity contribution in [1.82, 2.24) is 14.9 Å². The summed E-state index contributed by atoms with van der Waals surface area (Å²) in [7, 11) is 0. The van der Waals surface area contributed by atoms with Gasteiger partial charge in [0, 0.05) is 18.7 Å². The van der Waals surface area contributed by atoms with Gasteiger partial charge in [0.2, 0.25) is 5.91 Å². The van der Waals surface area contributed by atoms with Crippen LogP contribution in [0.15, 0.2) is 0 Å². The fourth-order valence-electron chi connectivity index (χ4n) is 4.11. The molecule has 2 aliphatic heterocycles. The van der Waals surface area contributed by atoms with Crippen LogP contribution in [-0.2, 0) is 11.2 Å². The molecule has 156 valence electrons. The zero-order chi connectivity index (χ0) is 20.1. The van der Waals surface area contributed by atoms with Crippen LogP contribution in [0.4, 0.5) is 11.6 Å². The van der Waals surface area contributed by atoms with Crippen molar-refractivity contribution in [1.29, 1.82) is 0 Å². The summed E-state index contributed by atoms with van der Waals surface area (Å²) in [4.78, 5) is 25.6. The van der Waals surface area contributed by atoms with Crippen molar-refractivity contribution >= 4 is 17.5 Å². The lowest BCUT2D eigenvalue weighted by atomic mass is 9.93. The number of nitrogen functional groups attached to an aromatic ring is 1. The van der Waals surface area contributed by atoms with Crippen molar-refractivity contribution < 1.29 is 9.53 Å². The maximum atomic E-state index is 12.6. The number of likely N-dealkylation sites (tertiary alicyclic amines) is 1. The number of rotatable bonds is 9. The fourth-order valence-corrected chi connectivity index (χ4v) is 4.11. The first-order valence-corrected chi connectivity index (χ1v) is 10.8. The van der Waals surface area contributed by atoms with Crippen LogP contribution in [0.25, 0.3) is 0 Å². The lowest BCUT2D eigenvalue weighted by Gasteiger charge is -2.33. The Hall–Kier alpha value is -1.89. The molecular weight excluding hydrogens is 354 g/mol. The Morgan fingerprint density at radius 3 is 2.68 bits per heavy atom. The van der Waals surface area contributed by atoms with Gasteiger partial charge in [-0.1, -0.05) is 27.2 Å². The minimum absolute atomic E-state index is 0.0685. The number of nitrogens with two attached hydrogens (primary N) is 1. The molecule has 0 bridgehead atoms. The van der Waals surface area contributed by atoms with E-state index in [9.17, 15) is 4.79 Å². The fraction of sp³-hybridized carbons (Fsp3) is 0.762. The molecule has 0 saturated carbocycles. The van der Waals surface area contributed by atoms with E-state index in [1.807, 2.05) is 0 Å². The molecule has 7 nitrogen and oxygen atoms in total. The van der Waals surface area contributed by atoms with Crippen LogP contribution >= 0.6 is 0 Å². The SMILES string of the molecule is CCCCOc1nc(N)c2c(n1)N(CCC1CCN(CC(C)C)CC1)C(=O)C2. The van der Waals surface area contributed by atoms with E-state index in [1.165, 1.54) is 19.4 Å². The molecule has 0 unspecified atom stereocenters. The summed E-state index contributed by atoms with van der Waals surface area (Å²) in [5.41, 5.74) is 6.83. The third kappa shape index (κ3) is 5.13. The molecule has 2 N–H and O–H groups in total. The quantitative estimate of drug-likeness (QED) is 0.654. The van der Waals surface area contributed by atoms with Crippen molar-refractivity contribution in [2.24, 2.45) is 11.8 Å². The number of ether oxygens (including phenoxy) is 1. The molecule has 1 aromatic heterocycles. The highest BCUT2D eigenvalue weighted by Gasteiger charge is 2.32. The van der Waals surface area contributed by atoms with Gasteiger partial charge in [-0.2, -0.15) is 9.97 Å². The number of carbonyl (C=O) groups excluding carboxylic acids is 1. The molecule has 0 radical (unpaired) electrons. The second-order valence-corrected chi connectivity index (χ2v) is 8.54. The molecule has 7 heteroatoms. The topological polar surface area (TPSA) is 84.6 Å². The van der Waals surface area contributed by atoms with E-state index >= 15 is 0 Å². The van der Waals surface area contributed by atoms with Crippen LogP contribution in [0.1, 0.15) is 58.4 Å². The van der Waals surface area contributed by atoms with Gasteiger partial charge in [0.1, 0.15) is 11.6 Å². The Balaban J connectivity index is 1.58. The Bertz CT molecular complexity index is 671. The number of aromatic nitrogens is 2. The molecular formula is C21H35N5O2. The van der Waals surface area contributed by atoms with E-state index in [0.717, 1.165) is 37.9 Å². The first-order chi connectivity index (χ1) is 13.5. The van der Waals surface area contributed by atoms with Gasteiger partial charge in [0.25, 0.3) is 0 Å². The highest BCUT2D eigenvalue weighted by atomic mass is 16.5. The van der Waals surface area contributed by atoms with Crippen molar-refractivity contribution in [2.45, 2.75) is 59.3 Å². The normalized spacial score (nSPS) is 18.1. The minimum atomic E-state index is 0.0685. The van der Waals surface area contributed by atoms with E-state index in [4.69, 9.17) is 10.5 Å². The van der Waals surface area contributed by atoms with Crippen molar-refractivity contribution in [3.63, 3.8) is 0 Å². The van der Waals surface area contributed by atoms with Crippen LogP contribution in [0.3, 0.4) is 0 Å².